The zero-order chi connectivity index (χ0) is 19.4. The Balaban J connectivity index is 1.84. The van der Waals surface area contributed by atoms with E-state index in [2.05, 4.69) is 19.2 Å². The number of ether oxygens (including phenoxy) is 1. The second-order valence-corrected chi connectivity index (χ2v) is 6.57. The first-order valence-corrected chi connectivity index (χ1v) is 8.81. The smallest absolute Gasteiger partial charge is 0.255 e. The van der Waals surface area contributed by atoms with Crippen LogP contribution >= 0.6 is 0 Å². The van der Waals surface area contributed by atoms with Gasteiger partial charge in [0.05, 0.1) is 12.7 Å². The summed E-state index contributed by atoms with van der Waals surface area (Å²) in [5.41, 5.74) is 3.11. The number of rotatable bonds is 6. The molecular formula is C22H23NO4. The van der Waals surface area contributed by atoms with Crippen molar-refractivity contribution in [1.82, 2.24) is 0 Å². The summed E-state index contributed by atoms with van der Waals surface area (Å²) >= 11 is 0. The van der Waals surface area contributed by atoms with Crippen LogP contribution in [-0.4, -0.2) is 18.1 Å². The van der Waals surface area contributed by atoms with E-state index in [4.69, 9.17) is 9.15 Å². The first kappa shape index (κ1) is 18.7. The van der Waals surface area contributed by atoms with Gasteiger partial charge in [-0.15, -0.1) is 0 Å². The summed E-state index contributed by atoms with van der Waals surface area (Å²) in [7, 11) is 1.57. The molecular weight excluding hydrogens is 342 g/mol. The van der Waals surface area contributed by atoms with Crippen LogP contribution in [0.5, 0.6) is 5.75 Å². The highest BCUT2D eigenvalue weighted by atomic mass is 16.5. The molecule has 0 fully saturated rings. The fourth-order valence-corrected chi connectivity index (χ4v) is 2.81. The van der Waals surface area contributed by atoms with Crippen molar-refractivity contribution in [1.29, 1.82) is 0 Å². The van der Waals surface area contributed by atoms with Gasteiger partial charge < -0.3 is 19.6 Å². The Morgan fingerprint density at radius 2 is 1.85 bits per heavy atom. The fraction of sp³-hybridized carbons (Fsp3) is 0.227. The minimum Gasteiger partial charge on any atom is -0.496 e. The molecule has 0 radical (unpaired) electrons. The van der Waals surface area contributed by atoms with Crippen LogP contribution in [0.15, 0.2) is 59.0 Å². The number of anilines is 1. The molecule has 0 spiro atoms. The topological polar surface area (TPSA) is 71.7 Å². The summed E-state index contributed by atoms with van der Waals surface area (Å²) in [5, 5.41) is 12.1. The number of aliphatic hydroxyl groups excluding tert-OH is 1. The van der Waals surface area contributed by atoms with Crippen molar-refractivity contribution in [3.63, 3.8) is 0 Å². The highest BCUT2D eigenvalue weighted by molar-refractivity contribution is 6.04. The predicted molar refractivity (Wildman–Crippen MR) is 105 cm³/mol. The molecule has 1 heterocycles. The average Bonchev–Trinajstić information content (AvgIpc) is 3.17. The normalized spacial score (nSPS) is 10.9. The van der Waals surface area contributed by atoms with Gasteiger partial charge in [-0.1, -0.05) is 26.0 Å². The van der Waals surface area contributed by atoms with Crippen LogP contribution < -0.4 is 10.1 Å². The molecule has 1 amide bonds. The number of carbonyl (C=O) groups excluding carboxylic acids is 1. The molecule has 0 unspecified atom stereocenters. The number of hydrogen-bond donors (Lipinski definition) is 2. The molecule has 2 aromatic carbocycles. The lowest BCUT2D eigenvalue weighted by Crippen LogP contribution is -2.12. The Kier molecular flexibility index (Phi) is 5.62. The second-order valence-electron chi connectivity index (χ2n) is 6.57. The highest BCUT2D eigenvalue weighted by Gasteiger charge is 2.13. The number of hydrogen-bond acceptors (Lipinski definition) is 4. The summed E-state index contributed by atoms with van der Waals surface area (Å²) in [6.07, 6.45) is 0. The van der Waals surface area contributed by atoms with Gasteiger partial charge in [0.2, 0.25) is 0 Å². The fourth-order valence-electron chi connectivity index (χ4n) is 2.81. The maximum absolute atomic E-state index is 12.5. The van der Waals surface area contributed by atoms with Crippen LogP contribution in [0.1, 0.15) is 41.4 Å². The van der Waals surface area contributed by atoms with Gasteiger partial charge in [0.15, 0.2) is 0 Å². The standard InChI is InChI=1S/C22H23NO4/c1-14(2)15-4-6-16(7-5-15)22(25)23-17-8-10-20(26-3)19(12-17)21-11-9-18(13-24)27-21/h4-12,14,24H,13H2,1-3H3,(H,23,25). The quantitative estimate of drug-likeness (QED) is 0.657. The summed E-state index contributed by atoms with van der Waals surface area (Å²) in [6, 6.07) is 16.4. The number of furan rings is 1. The van der Waals surface area contributed by atoms with Crippen molar-refractivity contribution < 1.29 is 19.1 Å². The number of nitrogens with one attached hydrogen (secondary N) is 1. The van der Waals surface area contributed by atoms with E-state index >= 15 is 0 Å². The van der Waals surface area contributed by atoms with Crippen molar-refractivity contribution in [2.45, 2.75) is 26.4 Å². The van der Waals surface area contributed by atoms with E-state index in [0.717, 1.165) is 0 Å². The zero-order valence-electron chi connectivity index (χ0n) is 15.7. The van der Waals surface area contributed by atoms with Crippen LogP contribution in [0.2, 0.25) is 0 Å². The van der Waals surface area contributed by atoms with Gasteiger partial charge in [-0.2, -0.15) is 0 Å². The van der Waals surface area contributed by atoms with Crippen molar-refractivity contribution in [2.24, 2.45) is 0 Å². The largest absolute Gasteiger partial charge is 0.496 e. The molecule has 0 atom stereocenters. The molecule has 1 aromatic heterocycles. The molecule has 140 valence electrons. The third-order valence-corrected chi connectivity index (χ3v) is 4.38. The third kappa shape index (κ3) is 4.20. The molecule has 0 aliphatic heterocycles. The number of methoxy groups -OCH3 is 1. The van der Waals surface area contributed by atoms with Gasteiger partial charge in [-0.05, 0) is 53.9 Å². The number of benzene rings is 2. The molecule has 0 bridgehead atoms. The van der Waals surface area contributed by atoms with Crippen LogP contribution in [0.4, 0.5) is 5.69 Å². The Morgan fingerprint density at radius 3 is 2.44 bits per heavy atom. The maximum atomic E-state index is 12.5. The average molecular weight is 365 g/mol. The van der Waals surface area contributed by atoms with E-state index in [9.17, 15) is 9.90 Å². The van der Waals surface area contributed by atoms with Gasteiger partial charge in [0.1, 0.15) is 23.9 Å². The van der Waals surface area contributed by atoms with Crippen LogP contribution in [0, 0.1) is 0 Å². The lowest BCUT2D eigenvalue weighted by Gasteiger charge is -2.11. The maximum Gasteiger partial charge on any atom is 0.255 e. The molecule has 2 N–H and O–H groups in total. The number of aliphatic hydroxyl groups is 1. The van der Waals surface area contributed by atoms with Crippen molar-refractivity contribution in [3.8, 4) is 17.1 Å². The molecule has 27 heavy (non-hydrogen) atoms. The van der Waals surface area contributed by atoms with E-state index in [1.165, 1.54) is 5.56 Å². The number of carbonyl (C=O) groups is 1. The van der Waals surface area contributed by atoms with E-state index in [1.807, 2.05) is 24.3 Å². The summed E-state index contributed by atoms with van der Waals surface area (Å²) < 4.78 is 11.0. The van der Waals surface area contributed by atoms with Gasteiger partial charge in [-0.3, -0.25) is 4.79 Å². The SMILES string of the molecule is COc1ccc(NC(=O)c2ccc(C(C)C)cc2)cc1-c1ccc(CO)o1. The lowest BCUT2D eigenvalue weighted by molar-refractivity contribution is 0.102. The molecule has 5 heteroatoms. The van der Waals surface area contributed by atoms with Crippen molar-refractivity contribution in [3.05, 3.63) is 71.5 Å². The van der Waals surface area contributed by atoms with E-state index in [-0.39, 0.29) is 12.5 Å². The zero-order valence-corrected chi connectivity index (χ0v) is 15.7. The summed E-state index contributed by atoms with van der Waals surface area (Å²) in [4.78, 5) is 12.5. The first-order valence-electron chi connectivity index (χ1n) is 8.81. The monoisotopic (exact) mass is 365 g/mol. The number of amides is 1. The molecule has 3 rings (SSSR count). The molecule has 3 aromatic rings. The molecule has 0 saturated heterocycles. The minimum atomic E-state index is -0.183. The Labute approximate surface area is 158 Å². The molecule has 5 nitrogen and oxygen atoms in total. The van der Waals surface area contributed by atoms with Crippen molar-refractivity contribution in [2.75, 3.05) is 12.4 Å². The van der Waals surface area contributed by atoms with Gasteiger partial charge in [-0.25, -0.2) is 0 Å². The summed E-state index contributed by atoms with van der Waals surface area (Å²) in [5.74, 6) is 1.88. The van der Waals surface area contributed by atoms with Gasteiger partial charge in [0.25, 0.3) is 5.91 Å². The molecule has 0 aliphatic rings. The van der Waals surface area contributed by atoms with Gasteiger partial charge in [0, 0.05) is 11.3 Å². The van der Waals surface area contributed by atoms with Crippen LogP contribution in [0.25, 0.3) is 11.3 Å². The van der Waals surface area contributed by atoms with E-state index in [0.29, 0.717) is 40.0 Å². The Morgan fingerprint density at radius 1 is 1.11 bits per heavy atom. The van der Waals surface area contributed by atoms with E-state index in [1.54, 1.807) is 37.4 Å². The lowest BCUT2D eigenvalue weighted by atomic mass is 10.0. The van der Waals surface area contributed by atoms with Crippen LogP contribution in [0.3, 0.4) is 0 Å². The van der Waals surface area contributed by atoms with Crippen LogP contribution in [-0.2, 0) is 6.61 Å². The minimum absolute atomic E-state index is 0.175. The molecule has 0 aliphatic carbocycles. The predicted octanol–water partition coefficient (Wildman–Crippen LogP) is 4.82. The Bertz CT molecular complexity index is 926. The van der Waals surface area contributed by atoms with Gasteiger partial charge >= 0.3 is 0 Å². The third-order valence-electron chi connectivity index (χ3n) is 4.38. The Hall–Kier alpha value is -3.05. The highest BCUT2D eigenvalue weighted by Crippen LogP contribution is 2.34. The first-order chi connectivity index (χ1) is 13.0. The second kappa shape index (κ2) is 8.10. The van der Waals surface area contributed by atoms with Crippen molar-refractivity contribution >= 4 is 11.6 Å². The summed E-state index contributed by atoms with van der Waals surface area (Å²) in [6.45, 7) is 4.06. The molecule has 0 saturated carbocycles. The van der Waals surface area contributed by atoms with E-state index < -0.39 is 0 Å².